The molecule has 2 aromatic rings. The van der Waals surface area contributed by atoms with Gasteiger partial charge in [-0.05, 0) is 25.7 Å². The molecule has 2 aliphatic rings. The van der Waals surface area contributed by atoms with Gasteiger partial charge in [0.25, 0.3) is 0 Å². The van der Waals surface area contributed by atoms with Gasteiger partial charge in [-0.25, -0.2) is 4.79 Å². The van der Waals surface area contributed by atoms with Crippen LogP contribution in [0.1, 0.15) is 31.4 Å². The van der Waals surface area contributed by atoms with E-state index < -0.39 is 6.61 Å². The molecule has 2 heterocycles. The van der Waals surface area contributed by atoms with Crippen LogP contribution in [0.25, 0.3) is 11.3 Å². The molecule has 2 N–H and O–H groups in total. The van der Waals surface area contributed by atoms with Crippen LogP contribution in [0.15, 0.2) is 40.9 Å². The number of aliphatic hydroxyl groups excluding tert-OH is 1. The van der Waals surface area contributed by atoms with Crippen LogP contribution in [0.5, 0.6) is 0 Å². The van der Waals surface area contributed by atoms with Crippen LogP contribution in [-0.2, 0) is 11.3 Å². The smallest absolute Gasteiger partial charge is 0.318 e. The number of carbonyl (C=O) groups is 2. The van der Waals surface area contributed by atoms with Gasteiger partial charge in [-0.15, -0.1) is 0 Å². The van der Waals surface area contributed by atoms with Gasteiger partial charge in [-0.3, -0.25) is 4.79 Å². The maximum Gasteiger partial charge on any atom is 0.318 e. The first-order chi connectivity index (χ1) is 14.2. The number of piperidine rings is 1. The van der Waals surface area contributed by atoms with Crippen LogP contribution in [0.4, 0.5) is 4.79 Å². The van der Waals surface area contributed by atoms with Crippen molar-refractivity contribution >= 4 is 11.9 Å². The average molecular weight is 398 g/mol. The zero-order chi connectivity index (χ0) is 20.2. The van der Waals surface area contributed by atoms with Gasteiger partial charge < -0.3 is 24.7 Å². The lowest BCUT2D eigenvalue weighted by Crippen LogP contribution is -2.55. The van der Waals surface area contributed by atoms with Gasteiger partial charge in [0.15, 0.2) is 5.76 Å². The second-order valence-electron chi connectivity index (χ2n) is 7.64. The highest BCUT2D eigenvalue weighted by Gasteiger charge is 2.39. The maximum absolute atomic E-state index is 12.9. The number of benzene rings is 1. The van der Waals surface area contributed by atoms with Gasteiger partial charge in [0, 0.05) is 30.8 Å². The molecular weight excluding hydrogens is 372 g/mol. The number of likely N-dealkylation sites (tertiary alicyclic amines) is 1. The number of aromatic nitrogens is 1. The zero-order valence-corrected chi connectivity index (χ0v) is 16.3. The van der Waals surface area contributed by atoms with E-state index >= 15 is 0 Å². The van der Waals surface area contributed by atoms with Crippen LogP contribution >= 0.6 is 0 Å². The molecule has 1 atom stereocenters. The third-order valence-corrected chi connectivity index (χ3v) is 5.50. The number of aliphatic hydroxyl groups is 1. The molecule has 154 valence electrons. The molecule has 0 bridgehead atoms. The Morgan fingerprint density at radius 2 is 2.00 bits per heavy atom. The summed E-state index contributed by atoms with van der Waals surface area (Å²) in [7, 11) is 0. The molecule has 4 rings (SSSR count). The quantitative estimate of drug-likeness (QED) is 0.775. The fraction of sp³-hybridized carbons (Fsp3) is 0.476. The van der Waals surface area contributed by atoms with Crippen LogP contribution < -0.4 is 5.32 Å². The average Bonchev–Trinajstić information content (AvgIpc) is 3.48. The number of hydrogen-bond acceptors (Lipinski definition) is 5. The number of urea groups is 1. The van der Waals surface area contributed by atoms with Crippen molar-refractivity contribution in [3.05, 3.63) is 42.2 Å². The first kappa shape index (κ1) is 19.4. The van der Waals surface area contributed by atoms with E-state index in [-0.39, 0.29) is 30.6 Å². The van der Waals surface area contributed by atoms with Crippen molar-refractivity contribution in [2.24, 2.45) is 0 Å². The van der Waals surface area contributed by atoms with E-state index in [1.165, 1.54) is 0 Å². The molecule has 1 aromatic heterocycles. The number of rotatable bonds is 6. The third-order valence-electron chi connectivity index (χ3n) is 5.50. The topological polar surface area (TPSA) is 98.9 Å². The van der Waals surface area contributed by atoms with Crippen molar-refractivity contribution < 1.29 is 19.2 Å². The molecule has 1 saturated heterocycles. The summed E-state index contributed by atoms with van der Waals surface area (Å²) >= 11 is 0. The summed E-state index contributed by atoms with van der Waals surface area (Å²) in [6.07, 6.45) is 3.66. The summed E-state index contributed by atoms with van der Waals surface area (Å²) < 4.78 is 5.37. The lowest BCUT2D eigenvalue weighted by molar-refractivity contribution is -0.136. The minimum absolute atomic E-state index is 0.0265. The number of nitrogens with zero attached hydrogens (tertiary/aromatic N) is 3. The molecular formula is C21H26N4O4. The Hall–Kier alpha value is -2.87. The molecule has 0 spiro atoms. The van der Waals surface area contributed by atoms with E-state index in [1.807, 2.05) is 41.3 Å². The predicted octanol–water partition coefficient (Wildman–Crippen LogP) is 2.00. The van der Waals surface area contributed by atoms with Crippen molar-refractivity contribution in [1.82, 2.24) is 20.3 Å². The summed E-state index contributed by atoms with van der Waals surface area (Å²) in [5, 5.41) is 16.2. The number of amides is 3. The monoisotopic (exact) mass is 398 g/mol. The zero-order valence-electron chi connectivity index (χ0n) is 16.3. The van der Waals surface area contributed by atoms with Crippen molar-refractivity contribution in [2.45, 2.75) is 44.3 Å². The Balaban J connectivity index is 1.37. The van der Waals surface area contributed by atoms with E-state index in [4.69, 9.17) is 9.63 Å². The summed E-state index contributed by atoms with van der Waals surface area (Å²) in [6.45, 7) is 0.881. The molecule has 2 fully saturated rings. The summed E-state index contributed by atoms with van der Waals surface area (Å²) in [5.41, 5.74) is 1.70. The molecule has 1 aliphatic carbocycles. The largest absolute Gasteiger partial charge is 0.387 e. The van der Waals surface area contributed by atoms with Crippen molar-refractivity contribution in [2.75, 3.05) is 19.7 Å². The summed E-state index contributed by atoms with van der Waals surface area (Å²) in [6, 6.07) is 11.6. The van der Waals surface area contributed by atoms with Gasteiger partial charge in [-0.1, -0.05) is 35.5 Å². The molecule has 29 heavy (non-hydrogen) atoms. The standard InChI is InChI=1S/C21H26N4O4/c26-14-20(27)24-10-4-7-17(13-24)25(16-8-9-16)21(28)22-12-18-11-19(23-29-18)15-5-2-1-3-6-15/h1-3,5-6,11,16-17,26H,4,7-10,12-14H2,(H,22,28)/t17-/m1/s1. The molecule has 8 nitrogen and oxygen atoms in total. The van der Waals surface area contributed by atoms with Crippen molar-refractivity contribution in [3.63, 3.8) is 0 Å². The van der Waals surface area contributed by atoms with Gasteiger partial charge in [0.2, 0.25) is 5.91 Å². The summed E-state index contributed by atoms with van der Waals surface area (Å²) in [4.78, 5) is 28.3. The molecule has 8 heteroatoms. The molecule has 1 aromatic carbocycles. The lowest BCUT2D eigenvalue weighted by atomic mass is 10.0. The Morgan fingerprint density at radius 3 is 2.72 bits per heavy atom. The van der Waals surface area contributed by atoms with Gasteiger partial charge >= 0.3 is 6.03 Å². The predicted molar refractivity (Wildman–Crippen MR) is 106 cm³/mol. The lowest BCUT2D eigenvalue weighted by Gasteiger charge is -2.39. The Kier molecular flexibility index (Phi) is 5.80. The van der Waals surface area contributed by atoms with Gasteiger partial charge in [0.1, 0.15) is 12.3 Å². The SMILES string of the molecule is O=C(CO)N1CCC[C@@H](N(C(=O)NCc2cc(-c3ccccc3)no2)C2CC2)C1. The Labute approximate surface area is 169 Å². The molecule has 0 unspecified atom stereocenters. The fourth-order valence-electron chi connectivity index (χ4n) is 3.89. The molecule has 1 saturated carbocycles. The van der Waals surface area contributed by atoms with Crippen LogP contribution in [0, 0.1) is 0 Å². The highest BCUT2D eigenvalue weighted by molar-refractivity contribution is 5.78. The first-order valence-corrected chi connectivity index (χ1v) is 10.1. The number of hydrogen-bond donors (Lipinski definition) is 2. The van der Waals surface area contributed by atoms with Crippen LogP contribution in [0.3, 0.4) is 0 Å². The van der Waals surface area contributed by atoms with Crippen molar-refractivity contribution in [1.29, 1.82) is 0 Å². The Bertz CT molecular complexity index is 849. The highest BCUT2D eigenvalue weighted by atomic mass is 16.5. The third kappa shape index (κ3) is 4.59. The maximum atomic E-state index is 12.9. The van der Waals surface area contributed by atoms with Crippen LogP contribution in [0.2, 0.25) is 0 Å². The molecule has 3 amide bonds. The van der Waals surface area contributed by atoms with E-state index in [9.17, 15) is 9.59 Å². The van der Waals surface area contributed by atoms with E-state index in [0.717, 1.165) is 36.9 Å². The second kappa shape index (κ2) is 8.65. The van der Waals surface area contributed by atoms with Crippen LogP contribution in [-0.4, -0.2) is 63.8 Å². The minimum atomic E-state index is -0.489. The molecule has 1 aliphatic heterocycles. The highest BCUT2D eigenvalue weighted by Crippen LogP contribution is 2.31. The van der Waals surface area contributed by atoms with Crippen molar-refractivity contribution in [3.8, 4) is 11.3 Å². The summed E-state index contributed by atoms with van der Waals surface area (Å²) in [5.74, 6) is 0.314. The Morgan fingerprint density at radius 1 is 1.21 bits per heavy atom. The number of carbonyl (C=O) groups excluding carboxylic acids is 2. The first-order valence-electron chi connectivity index (χ1n) is 10.1. The minimum Gasteiger partial charge on any atom is -0.387 e. The number of nitrogens with one attached hydrogen (secondary N) is 1. The fourth-order valence-corrected chi connectivity index (χ4v) is 3.89. The van der Waals surface area contributed by atoms with E-state index in [1.54, 1.807) is 4.90 Å². The molecule has 0 radical (unpaired) electrons. The second-order valence-corrected chi connectivity index (χ2v) is 7.64. The van der Waals surface area contributed by atoms with Gasteiger partial charge in [0.05, 0.1) is 12.6 Å². The van der Waals surface area contributed by atoms with E-state index in [0.29, 0.717) is 18.8 Å². The van der Waals surface area contributed by atoms with Gasteiger partial charge in [-0.2, -0.15) is 0 Å². The normalized spacial score (nSPS) is 19.1. The van der Waals surface area contributed by atoms with E-state index in [2.05, 4.69) is 10.5 Å².